The summed E-state index contributed by atoms with van der Waals surface area (Å²) in [5.74, 6) is -0.321. The quantitative estimate of drug-likeness (QED) is 0.702. The normalized spacial score (nSPS) is 15.4. The van der Waals surface area contributed by atoms with Gasteiger partial charge < -0.3 is 5.32 Å². The largest absolute Gasteiger partial charge is 0.351 e. The summed E-state index contributed by atoms with van der Waals surface area (Å²) in [6, 6.07) is 15.7. The molecule has 3 rings (SSSR count). The molecule has 1 saturated heterocycles. The molecule has 0 saturated carbocycles. The van der Waals surface area contributed by atoms with Crippen LogP contribution < -0.4 is 5.32 Å². The number of carbonyl (C=O) groups excluding carboxylic acids is 1. The second kappa shape index (κ2) is 10.9. The molecule has 0 atom stereocenters. The number of aryl methyl sites for hydroxylation is 2. The van der Waals surface area contributed by atoms with Crippen LogP contribution in [0.2, 0.25) is 0 Å². The average Bonchev–Trinajstić information content (AvgIpc) is 2.71. The number of amides is 1. The maximum absolute atomic E-state index is 12.6. The Hall–Kier alpha value is -1.93. The molecule has 164 valence electrons. The number of hydrogen-bond donors (Lipinski definition) is 1. The molecule has 0 unspecified atom stereocenters. The van der Waals surface area contributed by atoms with Gasteiger partial charge in [-0.1, -0.05) is 36.4 Å². The van der Waals surface area contributed by atoms with E-state index in [1.807, 2.05) is 44.2 Å². The molecule has 0 aliphatic carbocycles. The molecule has 1 N–H and O–H groups in total. The summed E-state index contributed by atoms with van der Waals surface area (Å²) in [7, 11) is -3.38. The van der Waals surface area contributed by atoms with Crippen LogP contribution in [0.25, 0.3) is 0 Å². The highest BCUT2D eigenvalue weighted by atomic mass is 35.5. The Morgan fingerprint density at radius 1 is 0.967 bits per heavy atom. The second-order valence-electron chi connectivity index (χ2n) is 7.53. The minimum Gasteiger partial charge on any atom is -0.351 e. The number of sulfonamides is 1. The van der Waals surface area contributed by atoms with Gasteiger partial charge in [0.25, 0.3) is 5.91 Å². The van der Waals surface area contributed by atoms with E-state index in [0.29, 0.717) is 31.7 Å². The zero-order valence-corrected chi connectivity index (χ0v) is 19.1. The molecule has 1 aliphatic heterocycles. The van der Waals surface area contributed by atoms with Crippen LogP contribution in [0.1, 0.15) is 27.0 Å². The molecule has 1 amide bonds. The molecule has 0 aromatic heterocycles. The number of nitrogens with one attached hydrogen (secondary N) is 1. The molecule has 1 aliphatic rings. The van der Waals surface area contributed by atoms with Crippen molar-refractivity contribution in [2.75, 3.05) is 38.5 Å². The van der Waals surface area contributed by atoms with Gasteiger partial charge >= 0.3 is 0 Å². The molecule has 6 nitrogen and oxygen atoms in total. The predicted octanol–water partition coefficient (Wildman–Crippen LogP) is 2.60. The molecule has 0 bridgehead atoms. The van der Waals surface area contributed by atoms with Gasteiger partial charge in [-0.15, -0.1) is 12.4 Å². The topological polar surface area (TPSA) is 69.7 Å². The standard InChI is InChI=1S/C22H29N3O3S.ClH/c1-18-8-9-21(16-19(18)2)22(26)23-10-15-29(27,28)25-13-11-24(12-14-25)17-20-6-4-3-5-7-20;/h3-9,16H,10-15,17H2,1-2H3,(H,23,26);1H. The zero-order chi connectivity index (χ0) is 20.9. The first-order chi connectivity index (χ1) is 13.8. The highest BCUT2D eigenvalue weighted by Crippen LogP contribution is 2.12. The molecule has 8 heteroatoms. The number of hydrogen-bond acceptors (Lipinski definition) is 4. The summed E-state index contributed by atoms with van der Waals surface area (Å²) in [6.07, 6.45) is 0. The van der Waals surface area contributed by atoms with Crippen LogP contribution in [0.4, 0.5) is 0 Å². The first-order valence-corrected chi connectivity index (χ1v) is 11.6. The maximum Gasteiger partial charge on any atom is 0.251 e. The molecule has 2 aromatic rings. The highest BCUT2D eigenvalue weighted by Gasteiger charge is 2.26. The number of piperazine rings is 1. The average molecular weight is 452 g/mol. The molecule has 30 heavy (non-hydrogen) atoms. The van der Waals surface area contributed by atoms with Crippen molar-refractivity contribution in [2.45, 2.75) is 20.4 Å². The van der Waals surface area contributed by atoms with E-state index < -0.39 is 10.0 Å². The lowest BCUT2D eigenvalue weighted by atomic mass is 10.1. The monoisotopic (exact) mass is 451 g/mol. The van der Waals surface area contributed by atoms with E-state index in [1.165, 1.54) is 9.87 Å². The minimum atomic E-state index is -3.38. The fourth-order valence-corrected chi connectivity index (χ4v) is 4.75. The molecule has 0 radical (unpaired) electrons. The van der Waals surface area contributed by atoms with Gasteiger partial charge in [-0.2, -0.15) is 4.31 Å². The van der Waals surface area contributed by atoms with Gasteiger partial charge in [0.2, 0.25) is 10.0 Å². The summed E-state index contributed by atoms with van der Waals surface area (Å²) >= 11 is 0. The van der Waals surface area contributed by atoms with Crippen LogP contribution >= 0.6 is 12.4 Å². The minimum absolute atomic E-state index is 0. The summed E-state index contributed by atoms with van der Waals surface area (Å²) < 4.78 is 26.8. The molecule has 1 fully saturated rings. The third-order valence-corrected chi connectivity index (χ3v) is 7.26. The fourth-order valence-electron chi connectivity index (χ4n) is 3.41. The van der Waals surface area contributed by atoms with Crippen LogP contribution in [-0.4, -0.2) is 62.0 Å². The lowest BCUT2D eigenvalue weighted by molar-refractivity contribution is 0.0956. The van der Waals surface area contributed by atoms with Crippen molar-refractivity contribution >= 4 is 28.3 Å². The number of halogens is 1. The molecular formula is C22H30ClN3O3S. The Balaban J connectivity index is 0.00000320. The molecule has 2 aromatic carbocycles. The van der Waals surface area contributed by atoms with Crippen molar-refractivity contribution in [3.05, 3.63) is 70.8 Å². The van der Waals surface area contributed by atoms with E-state index in [-0.39, 0.29) is 30.6 Å². The first kappa shape index (κ1) is 24.3. The van der Waals surface area contributed by atoms with Crippen LogP contribution in [0.15, 0.2) is 48.5 Å². The van der Waals surface area contributed by atoms with Crippen molar-refractivity contribution in [2.24, 2.45) is 0 Å². The van der Waals surface area contributed by atoms with Crippen LogP contribution in [0.5, 0.6) is 0 Å². The Bertz CT molecular complexity index is 943. The van der Waals surface area contributed by atoms with Crippen molar-refractivity contribution in [3.63, 3.8) is 0 Å². The van der Waals surface area contributed by atoms with Crippen molar-refractivity contribution in [1.82, 2.24) is 14.5 Å². The summed E-state index contributed by atoms with van der Waals surface area (Å²) in [5.41, 5.74) is 3.95. The number of carbonyl (C=O) groups is 1. The van der Waals surface area contributed by atoms with Gasteiger partial charge in [0.05, 0.1) is 5.75 Å². The van der Waals surface area contributed by atoms with Crippen molar-refractivity contribution in [3.8, 4) is 0 Å². The van der Waals surface area contributed by atoms with E-state index in [2.05, 4.69) is 22.3 Å². The predicted molar refractivity (Wildman–Crippen MR) is 123 cm³/mol. The summed E-state index contributed by atoms with van der Waals surface area (Å²) in [4.78, 5) is 14.5. The number of nitrogens with zero attached hydrogens (tertiary/aromatic N) is 2. The smallest absolute Gasteiger partial charge is 0.251 e. The lowest BCUT2D eigenvalue weighted by Crippen LogP contribution is -2.49. The highest BCUT2D eigenvalue weighted by molar-refractivity contribution is 7.89. The van der Waals surface area contributed by atoms with Gasteiger partial charge in [-0.25, -0.2) is 8.42 Å². The molecule has 0 spiro atoms. The van der Waals surface area contributed by atoms with E-state index in [0.717, 1.165) is 17.7 Å². The Kier molecular flexibility index (Phi) is 8.85. The Labute approximate surface area is 185 Å². The maximum atomic E-state index is 12.6. The van der Waals surface area contributed by atoms with E-state index in [1.54, 1.807) is 6.07 Å². The van der Waals surface area contributed by atoms with Crippen molar-refractivity contribution < 1.29 is 13.2 Å². The van der Waals surface area contributed by atoms with Crippen LogP contribution in [-0.2, 0) is 16.6 Å². The van der Waals surface area contributed by atoms with Gasteiger partial charge in [0.1, 0.15) is 0 Å². The summed E-state index contributed by atoms with van der Waals surface area (Å²) in [6.45, 7) is 7.28. The van der Waals surface area contributed by atoms with Crippen LogP contribution in [0.3, 0.4) is 0 Å². The first-order valence-electron chi connectivity index (χ1n) is 9.95. The third kappa shape index (κ3) is 6.54. The summed E-state index contributed by atoms with van der Waals surface area (Å²) in [5, 5.41) is 2.73. The second-order valence-corrected chi connectivity index (χ2v) is 9.62. The van der Waals surface area contributed by atoms with Gasteiger partial charge in [-0.05, 0) is 42.7 Å². The Morgan fingerprint density at radius 3 is 2.27 bits per heavy atom. The van der Waals surface area contributed by atoms with Gasteiger partial charge in [-0.3, -0.25) is 9.69 Å². The zero-order valence-electron chi connectivity index (χ0n) is 17.5. The number of benzene rings is 2. The van der Waals surface area contributed by atoms with Crippen molar-refractivity contribution in [1.29, 1.82) is 0 Å². The van der Waals surface area contributed by atoms with E-state index in [9.17, 15) is 13.2 Å². The number of rotatable bonds is 7. The SMILES string of the molecule is Cc1ccc(C(=O)NCCS(=O)(=O)N2CCN(Cc3ccccc3)CC2)cc1C.Cl. The van der Waals surface area contributed by atoms with Crippen LogP contribution in [0, 0.1) is 13.8 Å². The van der Waals surface area contributed by atoms with E-state index in [4.69, 9.17) is 0 Å². The molecular weight excluding hydrogens is 422 g/mol. The third-order valence-electron chi connectivity index (χ3n) is 5.39. The van der Waals surface area contributed by atoms with E-state index >= 15 is 0 Å². The lowest BCUT2D eigenvalue weighted by Gasteiger charge is -2.34. The van der Waals surface area contributed by atoms with Gasteiger partial charge in [0, 0.05) is 44.8 Å². The molecule has 1 heterocycles. The van der Waals surface area contributed by atoms with Gasteiger partial charge in [0.15, 0.2) is 0 Å². The fraction of sp³-hybridized carbons (Fsp3) is 0.409. The Morgan fingerprint density at radius 2 is 1.63 bits per heavy atom.